The minimum absolute atomic E-state index is 0.0267. The molecule has 0 bridgehead atoms. The maximum Gasteiger partial charge on any atom is 0.416 e. The summed E-state index contributed by atoms with van der Waals surface area (Å²) >= 11 is 0. The fraction of sp³-hybridized carbons (Fsp3) is 0.0588. The van der Waals surface area contributed by atoms with Crippen LogP contribution in [0.4, 0.5) is 23.4 Å². The van der Waals surface area contributed by atoms with Gasteiger partial charge in [-0.1, -0.05) is 28.6 Å². The number of nitrogens with zero attached hydrogens (tertiary/aromatic N) is 5. The Bertz CT molecular complexity index is 1150. The monoisotopic (exact) mass is 390 g/mol. The van der Waals surface area contributed by atoms with Gasteiger partial charge in [0, 0.05) is 0 Å². The second-order valence-corrected chi connectivity index (χ2v) is 5.69. The van der Waals surface area contributed by atoms with Crippen molar-refractivity contribution in [2.75, 3.05) is 5.73 Å². The molecule has 2 aromatic carbocycles. The summed E-state index contributed by atoms with van der Waals surface area (Å²) in [4.78, 5) is 4.04. The zero-order valence-corrected chi connectivity index (χ0v) is 13.9. The summed E-state index contributed by atoms with van der Waals surface area (Å²) in [7, 11) is 0. The third-order valence-corrected chi connectivity index (χ3v) is 3.87. The van der Waals surface area contributed by atoms with Gasteiger partial charge in [0.05, 0.1) is 16.8 Å². The van der Waals surface area contributed by atoms with Crippen LogP contribution < -0.4 is 5.73 Å². The second-order valence-electron chi connectivity index (χ2n) is 5.69. The Hall–Kier alpha value is -3.76. The molecule has 0 saturated carbocycles. The third-order valence-electron chi connectivity index (χ3n) is 3.87. The molecule has 2 N–H and O–H groups in total. The first-order valence-electron chi connectivity index (χ1n) is 7.82. The largest absolute Gasteiger partial charge is 0.416 e. The van der Waals surface area contributed by atoms with Gasteiger partial charge in [-0.2, -0.15) is 22.8 Å². The van der Waals surface area contributed by atoms with Crippen LogP contribution in [0.25, 0.3) is 28.7 Å². The zero-order chi connectivity index (χ0) is 19.9. The number of nitrogen functional groups attached to an aromatic ring is 1. The Morgan fingerprint density at radius 1 is 1.04 bits per heavy atom. The van der Waals surface area contributed by atoms with E-state index in [0.29, 0.717) is 0 Å². The molecule has 0 atom stereocenters. The summed E-state index contributed by atoms with van der Waals surface area (Å²) < 4.78 is 58.7. The van der Waals surface area contributed by atoms with Gasteiger partial charge in [0.25, 0.3) is 5.89 Å². The topological polar surface area (TPSA) is 95.7 Å². The number of hydrogen-bond acceptors (Lipinski definition) is 6. The quantitative estimate of drug-likeness (QED) is 0.536. The average molecular weight is 390 g/mol. The maximum absolute atomic E-state index is 13.9. The number of hydrogen-bond donors (Lipinski definition) is 1. The first-order valence-corrected chi connectivity index (χ1v) is 7.82. The van der Waals surface area contributed by atoms with Gasteiger partial charge >= 0.3 is 6.18 Å². The van der Waals surface area contributed by atoms with Gasteiger partial charge in [-0.25, -0.2) is 4.39 Å². The lowest BCUT2D eigenvalue weighted by molar-refractivity contribution is -0.137. The first-order chi connectivity index (χ1) is 13.3. The predicted molar refractivity (Wildman–Crippen MR) is 89.5 cm³/mol. The summed E-state index contributed by atoms with van der Waals surface area (Å²) in [5.41, 5.74) is 5.23. The third kappa shape index (κ3) is 3.06. The molecule has 0 aliphatic rings. The Labute approximate surface area is 154 Å². The molecule has 0 saturated heterocycles. The normalized spacial score (nSPS) is 11.7. The molecule has 0 spiro atoms. The van der Waals surface area contributed by atoms with E-state index in [1.807, 2.05) is 0 Å². The van der Waals surface area contributed by atoms with Gasteiger partial charge in [0.2, 0.25) is 5.82 Å². The Kier molecular flexibility index (Phi) is 4.06. The molecule has 0 radical (unpaired) electrons. The molecule has 2 aromatic heterocycles. The first kappa shape index (κ1) is 17.6. The van der Waals surface area contributed by atoms with Crippen LogP contribution in [0.15, 0.2) is 53.1 Å². The molecule has 0 aliphatic heterocycles. The van der Waals surface area contributed by atoms with Crippen molar-refractivity contribution < 1.29 is 22.1 Å². The average Bonchev–Trinajstić information content (AvgIpc) is 3.28. The molecule has 4 aromatic rings. The number of nitrogens with two attached hydrogens (primary N) is 1. The van der Waals surface area contributed by atoms with Crippen LogP contribution in [-0.2, 0) is 6.18 Å². The van der Waals surface area contributed by atoms with Crippen LogP contribution in [-0.4, -0.2) is 25.1 Å². The second kappa shape index (κ2) is 6.44. The lowest BCUT2D eigenvalue weighted by Gasteiger charge is -2.09. The Balaban J connectivity index is 1.72. The number of rotatable bonds is 3. The SMILES string of the molecule is Nc1c(-c2nc(-c3ccccc3F)no2)nnn1-c1cccc(C(F)(F)F)c1. The highest BCUT2D eigenvalue weighted by Gasteiger charge is 2.31. The molecular weight excluding hydrogens is 380 g/mol. The summed E-state index contributed by atoms with van der Waals surface area (Å²) in [5, 5.41) is 11.2. The van der Waals surface area contributed by atoms with Crippen LogP contribution in [0.2, 0.25) is 0 Å². The van der Waals surface area contributed by atoms with Crippen molar-refractivity contribution in [3.8, 4) is 28.7 Å². The van der Waals surface area contributed by atoms with Gasteiger partial charge in [0.1, 0.15) is 5.82 Å². The summed E-state index contributed by atoms with van der Waals surface area (Å²) in [6.45, 7) is 0. The predicted octanol–water partition coefficient (Wildman–Crippen LogP) is 3.72. The van der Waals surface area contributed by atoms with Crippen molar-refractivity contribution >= 4 is 5.82 Å². The lowest BCUT2D eigenvalue weighted by atomic mass is 10.2. The van der Waals surface area contributed by atoms with Crippen LogP contribution in [0.1, 0.15) is 5.56 Å². The zero-order valence-electron chi connectivity index (χ0n) is 13.9. The highest BCUT2D eigenvalue weighted by atomic mass is 19.4. The molecule has 0 aliphatic carbocycles. The number of anilines is 1. The Morgan fingerprint density at radius 3 is 2.57 bits per heavy atom. The molecule has 142 valence electrons. The molecule has 4 rings (SSSR count). The summed E-state index contributed by atoms with van der Waals surface area (Å²) in [5.74, 6) is -0.825. The fourth-order valence-corrected chi connectivity index (χ4v) is 2.52. The van der Waals surface area contributed by atoms with E-state index in [9.17, 15) is 17.6 Å². The van der Waals surface area contributed by atoms with Crippen molar-refractivity contribution in [1.29, 1.82) is 0 Å². The van der Waals surface area contributed by atoms with Gasteiger partial charge in [-0.3, -0.25) is 0 Å². The van der Waals surface area contributed by atoms with Crippen molar-refractivity contribution in [3.05, 3.63) is 59.9 Å². The minimum Gasteiger partial charge on any atom is -0.382 e. The fourth-order valence-electron chi connectivity index (χ4n) is 2.52. The van der Waals surface area contributed by atoms with Crippen LogP contribution >= 0.6 is 0 Å². The van der Waals surface area contributed by atoms with Gasteiger partial charge in [0.15, 0.2) is 11.5 Å². The number of benzene rings is 2. The van der Waals surface area contributed by atoms with Crippen molar-refractivity contribution in [3.63, 3.8) is 0 Å². The smallest absolute Gasteiger partial charge is 0.382 e. The van der Waals surface area contributed by atoms with Crippen molar-refractivity contribution in [2.45, 2.75) is 6.18 Å². The standard InChI is InChI=1S/C17H10F4N6O/c18-12-7-2-1-6-11(12)15-23-16(28-25-15)13-14(22)27(26-24-13)10-5-3-4-9(8-10)17(19,20)21/h1-8H,22H2. The maximum atomic E-state index is 13.9. The van der Waals surface area contributed by atoms with E-state index >= 15 is 0 Å². The summed E-state index contributed by atoms with van der Waals surface area (Å²) in [6, 6.07) is 10.2. The number of halogens is 4. The van der Waals surface area contributed by atoms with E-state index in [-0.39, 0.29) is 34.5 Å². The van der Waals surface area contributed by atoms with Gasteiger partial charge < -0.3 is 10.3 Å². The molecule has 0 fully saturated rings. The molecular formula is C17H10F4N6O. The summed E-state index contributed by atoms with van der Waals surface area (Å²) in [6.07, 6.45) is -4.52. The molecule has 0 unspecified atom stereocenters. The molecule has 11 heteroatoms. The van der Waals surface area contributed by atoms with Gasteiger partial charge in [-0.15, -0.1) is 5.10 Å². The Morgan fingerprint density at radius 2 is 1.82 bits per heavy atom. The van der Waals surface area contributed by atoms with E-state index in [0.717, 1.165) is 16.8 Å². The van der Waals surface area contributed by atoms with Crippen LogP contribution in [0.5, 0.6) is 0 Å². The lowest BCUT2D eigenvalue weighted by Crippen LogP contribution is -2.08. The number of alkyl halides is 3. The van der Waals surface area contributed by atoms with Crippen molar-refractivity contribution in [1.82, 2.24) is 25.1 Å². The highest BCUT2D eigenvalue weighted by Crippen LogP contribution is 2.32. The highest BCUT2D eigenvalue weighted by molar-refractivity contribution is 5.66. The van der Waals surface area contributed by atoms with E-state index in [2.05, 4.69) is 20.5 Å². The van der Waals surface area contributed by atoms with Crippen molar-refractivity contribution in [2.24, 2.45) is 0 Å². The molecule has 0 amide bonds. The molecule has 28 heavy (non-hydrogen) atoms. The van der Waals surface area contributed by atoms with E-state index in [1.54, 1.807) is 6.07 Å². The van der Waals surface area contributed by atoms with E-state index in [1.165, 1.54) is 30.3 Å². The van der Waals surface area contributed by atoms with Crippen LogP contribution in [0.3, 0.4) is 0 Å². The van der Waals surface area contributed by atoms with Crippen LogP contribution in [0, 0.1) is 5.82 Å². The van der Waals surface area contributed by atoms with E-state index < -0.39 is 17.6 Å². The number of aromatic nitrogens is 5. The van der Waals surface area contributed by atoms with Gasteiger partial charge in [-0.05, 0) is 30.3 Å². The molecule has 2 heterocycles. The van der Waals surface area contributed by atoms with E-state index in [4.69, 9.17) is 10.3 Å². The molecule has 7 nitrogen and oxygen atoms in total. The minimum atomic E-state index is -4.52.